The van der Waals surface area contributed by atoms with Gasteiger partial charge in [-0.15, -0.1) is 12.4 Å². The van der Waals surface area contributed by atoms with E-state index < -0.39 is 6.03 Å². The molecule has 0 aliphatic rings. The van der Waals surface area contributed by atoms with E-state index in [1.165, 1.54) is 6.33 Å². The van der Waals surface area contributed by atoms with Gasteiger partial charge in [0, 0.05) is 24.7 Å². The number of rotatable bonds is 8. The lowest BCUT2D eigenvalue weighted by Gasteiger charge is -2.36. The Morgan fingerprint density at radius 1 is 1.19 bits per heavy atom. The molecule has 27 heavy (non-hydrogen) atoms. The van der Waals surface area contributed by atoms with Crippen LogP contribution in [0.4, 0.5) is 4.79 Å². The second-order valence-electron chi connectivity index (χ2n) is 7.37. The molecule has 0 aliphatic heterocycles. The number of fused-ring (bicyclic) bond motifs is 1. The molecule has 3 N–H and O–H groups in total. The fraction of sp³-hybridized carbons (Fsp3) is 0.667. The molecule has 0 aromatic carbocycles. The molecular weight excluding hydrogens is 366 g/mol. The maximum atomic E-state index is 11.1. The van der Waals surface area contributed by atoms with Gasteiger partial charge in [0.25, 0.3) is 0 Å². The largest absolute Gasteiger partial charge is 0.352 e. The van der Waals surface area contributed by atoms with Crippen LogP contribution in [0.1, 0.15) is 59.7 Å². The summed E-state index contributed by atoms with van der Waals surface area (Å²) < 4.78 is 1.91. The van der Waals surface area contributed by atoms with Gasteiger partial charge in [-0.25, -0.2) is 19.4 Å². The van der Waals surface area contributed by atoms with Crippen molar-refractivity contribution in [2.45, 2.75) is 78.7 Å². The number of primary amides is 1. The zero-order chi connectivity index (χ0) is 19.4. The lowest BCUT2D eigenvalue weighted by atomic mass is 10.1. The van der Waals surface area contributed by atoms with Gasteiger partial charge in [0.2, 0.25) is 0 Å². The number of carbonyl (C=O) groups is 1. The lowest BCUT2D eigenvalue weighted by Crippen LogP contribution is -2.44. The first-order valence-electron chi connectivity index (χ1n) is 9.22. The van der Waals surface area contributed by atoms with Crippen molar-refractivity contribution >= 4 is 29.5 Å². The Hall–Kier alpha value is -1.93. The summed E-state index contributed by atoms with van der Waals surface area (Å²) in [6.45, 7) is 13.8. The molecule has 2 rings (SSSR count). The van der Waals surface area contributed by atoms with Gasteiger partial charge in [-0.2, -0.15) is 5.10 Å². The first-order chi connectivity index (χ1) is 12.2. The maximum Gasteiger partial charge on any atom is 0.312 e. The van der Waals surface area contributed by atoms with Crippen LogP contribution in [0, 0.1) is 0 Å². The highest BCUT2D eigenvalue weighted by molar-refractivity contribution is 5.85. The zero-order valence-electron chi connectivity index (χ0n) is 17.0. The van der Waals surface area contributed by atoms with Crippen LogP contribution in [0.5, 0.6) is 0 Å². The summed E-state index contributed by atoms with van der Waals surface area (Å²) in [4.78, 5) is 22.3. The van der Waals surface area contributed by atoms with Crippen molar-refractivity contribution in [1.82, 2.24) is 30.0 Å². The van der Waals surface area contributed by atoms with Crippen molar-refractivity contribution in [3.63, 3.8) is 0 Å². The smallest absolute Gasteiger partial charge is 0.312 e. The molecule has 8 nitrogen and oxygen atoms in total. The second kappa shape index (κ2) is 9.85. The van der Waals surface area contributed by atoms with E-state index in [0.717, 1.165) is 29.7 Å². The highest BCUT2D eigenvalue weighted by Gasteiger charge is 2.21. The van der Waals surface area contributed by atoms with Gasteiger partial charge in [-0.1, -0.05) is 0 Å². The molecule has 0 radical (unpaired) electrons. The molecule has 0 saturated heterocycles. The molecule has 2 heterocycles. The molecule has 152 valence electrons. The number of aromatic nitrogens is 4. The summed E-state index contributed by atoms with van der Waals surface area (Å²) in [6, 6.07) is 0.550. The minimum atomic E-state index is -0.576. The van der Waals surface area contributed by atoms with Crippen molar-refractivity contribution in [2.75, 3.05) is 0 Å². The number of nitrogens with one attached hydrogen (secondary N) is 1. The number of nitrogens with two attached hydrogens (primary N) is 1. The van der Waals surface area contributed by atoms with Crippen molar-refractivity contribution < 1.29 is 4.79 Å². The molecule has 2 aromatic rings. The fourth-order valence-corrected chi connectivity index (χ4v) is 3.77. The number of hydrogen-bond acceptors (Lipinski definition) is 5. The molecule has 2 unspecified atom stereocenters. The number of nitrogens with zero attached hydrogens (tertiary/aromatic N) is 5. The van der Waals surface area contributed by atoms with Crippen molar-refractivity contribution in [2.24, 2.45) is 5.73 Å². The first-order valence-corrected chi connectivity index (χ1v) is 9.22. The van der Waals surface area contributed by atoms with Crippen molar-refractivity contribution in [3.8, 4) is 0 Å². The molecule has 0 saturated carbocycles. The Bertz CT molecular complexity index is 738. The number of carbonyl (C=O) groups excluding carboxylic acids is 1. The molecule has 9 heteroatoms. The summed E-state index contributed by atoms with van der Waals surface area (Å²) in [5.41, 5.74) is 6.72. The highest BCUT2D eigenvalue weighted by Crippen LogP contribution is 2.21. The Morgan fingerprint density at radius 2 is 1.81 bits per heavy atom. The van der Waals surface area contributed by atoms with Crippen LogP contribution in [-0.2, 0) is 6.54 Å². The van der Waals surface area contributed by atoms with Gasteiger partial charge in [-0.3, -0.25) is 4.90 Å². The summed E-state index contributed by atoms with van der Waals surface area (Å²) in [5.74, 6) is 0. The van der Waals surface area contributed by atoms with Crippen molar-refractivity contribution in [3.05, 3.63) is 18.2 Å². The number of urea groups is 1. The van der Waals surface area contributed by atoms with Crippen LogP contribution >= 0.6 is 12.4 Å². The standard InChI is InChI=1S/C18H31N7O.ClH/c1-11(2)25(12(3)4)13(5)7-8-24-17-15(9-22-24)16(20-10-21-17)14(6)23-18(19)26;/h9-14H,7-8H2,1-6H3,(H3,19,23,26);1H. The summed E-state index contributed by atoms with van der Waals surface area (Å²) in [6.07, 6.45) is 4.24. The van der Waals surface area contributed by atoms with Gasteiger partial charge in [0.05, 0.1) is 23.3 Å². The van der Waals surface area contributed by atoms with Gasteiger partial charge in [0.15, 0.2) is 5.65 Å². The molecular formula is C18H32ClN7O. The third kappa shape index (κ3) is 5.52. The van der Waals surface area contributed by atoms with Gasteiger partial charge >= 0.3 is 6.03 Å². The van der Waals surface area contributed by atoms with Crippen LogP contribution in [0.15, 0.2) is 12.5 Å². The Balaban J connectivity index is 0.00000364. The van der Waals surface area contributed by atoms with Gasteiger partial charge in [-0.05, 0) is 48.0 Å². The van der Waals surface area contributed by atoms with E-state index in [4.69, 9.17) is 5.73 Å². The number of hydrogen-bond donors (Lipinski definition) is 2. The number of halogens is 1. The van der Waals surface area contributed by atoms with E-state index >= 15 is 0 Å². The van der Waals surface area contributed by atoms with E-state index in [9.17, 15) is 4.79 Å². The van der Waals surface area contributed by atoms with E-state index in [1.54, 1.807) is 6.20 Å². The fourth-order valence-electron chi connectivity index (χ4n) is 3.77. The average molecular weight is 398 g/mol. The van der Waals surface area contributed by atoms with Crippen LogP contribution in [0.2, 0.25) is 0 Å². The molecule has 0 fully saturated rings. The van der Waals surface area contributed by atoms with Crippen LogP contribution in [0.25, 0.3) is 11.0 Å². The lowest BCUT2D eigenvalue weighted by molar-refractivity contribution is 0.113. The highest BCUT2D eigenvalue weighted by atomic mass is 35.5. The maximum absolute atomic E-state index is 11.1. The number of aryl methyl sites for hydroxylation is 1. The minimum absolute atomic E-state index is 0. The topological polar surface area (TPSA) is 102 Å². The quantitative estimate of drug-likeness (QED) is 0.712. The average Bonchev–Trinajstić information content (AvgIpc) is 2.94. The van der Waals surface area contributed by atoms with Crippen LogP contribution < -0.4 is 11.1 Å². The molecule has 2 aromatic heterocycles. The monoisotopic (exact) mass is 397 g/mol. The molecule has 0 spiro atoms. The Morgan fingerprint density at radius 3 is 2.37 bits per heavy atom. The van der Waals surface area contributed by atoms with E-state index in [1.807, 2.05) is 11.6 Å². The third-order valence-electron chi connectivity index (χ3n) is 4.69. The van der Waals surface area contributed by atoms with E-state index in [0.29, 0.717) is 18.1 Å². The summed E-state index contributed by atoms with van der Waals surface area (Å²) in [5, 5.41) is 7.98. The zero-order valence-corrected chi connectivity index (χ0v) is 17.8. The minimum Gasteiger partial charge on any atom is -0.352 e. The Labute approximate surface area is 167 Å². The molecule has 0 aliphatic carbocycles. The summed E-state index contributed by atoms with van der Waals surface area (Å²) in [7, 11) is 0. The van der Waals surface area contributed by atoms with Gasteiger partial charge in [0.1, 0.15) is 6.33 Å². The third-order valence-corrected chi connectivity index (χ3v) is 4.69. The van der Waals surface area contributed by atoms with Crippen molar-refractivity contribution in [1.29, 1.82) is 0 Å². The van der Waals surface area contributed by atoms with Crippen LogP contribution in [-0.4, -0.2) is 48.8 Å². The molecule has 0 bridgehead atoms. The number of amides is 2. The van der Waals surface area contributed by atoms with Gasteiger partial charge < -0.3 is 11.1 Å². The van der Waals surface area contributed by atoms with E-state index in [2.05, 4.69) is 59.9 Å². The second-order valence-corrected chi connectivity index (χ2v) is 7.37. The molecule has 2 atom stereocenters. The normalized spacial score (nSPS) is 13.8. The predicted molar refractivity (Wildman–Crippen MR) is 110 cm³/mol. The first kappa shape index (κ1) is 23.1. The van der Waals surface area contributed by atoms with E-state index in [-0.39, 0.29) is 18.4 Å². The Kier molecular flexibility index (Phi) is 8.43. The SMILES string of the molecule is CC(NC(N)=O)c1ncnc2c1cnn2CCC(C)N(C(C)C)C(C)C.Cl. The molecule has 2 amide bonds. The van der Waals surface area contributed by atoms with Crippen LogP contribution in [0.3, 0.4) is 0 Å². The predicted octanol–water partition coefficient (Wildman–Crippen LogP) is 2.87. The summed E-state index contributed by atoms with van der Waals surface area (Å²) >= 11 is 0.